The van der Waals surface area contributed by atoms with Crippen molar-refractivity contribution in [2.75, 3.05) is 56.2 Å². The number of nitrogens with zero attached hydrogens (tertiary/aromatic N) is 3. The highest BCUT2D eigenvalue weighted by Gasteiger charge is 2.36. The van der Waals surface area contributed by atoms with Crippen molar-refractivity contribution in [3.05, 3.63) is 54.1 Å². The molecular formula is C25H29N3O5. The molecule has 0 spiro atoms. The predicted octanol–water partition coefficient (Wildman–Crippen LogP) is 2.25. The Morgan fingerprint density at radius 2 is 1.58 bits per heavy atom. The molecule has 8 heteroatoms. The van der Waals surface area contributed by atoms with Crippen molar-refractivity contribution in [1.29, 1.82) is 0 Å². The summed E-state index contributed by atoms with van der Waals surface area (Å²) in [5.74, 6) is -0.568. The summed E-state index contributed by atoms with van der Waals surface area (Å²) in [6.07, 6.45) is 0.0986. The van der Waals surface area contributed by atoms with E-state index in [1.165, 1.54) is 0 Å². The second kappa shape index (κ2) is 9.94. The number of rotatable bonds is 6. The van der Waals surface area contributed by atoms with E-state index < -0.39 is 11.9 Å². The zero-order valence-electron chi connectivity index (χ0n) is 19.0. The van der Waals surface area contributed by atoms with Gasteiger partial charge in [-0.05, 0) is 43.3 Å². The molecule has 2 fully saturated rings. The molecule has 8 nitrogen and oxygen atoms in total. The molecule has 2 aliphatic rings. The van der Waals surface area contributed by atoms with Crippen molar-refractivity contribution >= 4 is 29.2 Å². The average molecular weight is 452 g/mol. The Labute approximate surface area is 193 Å². The number of carbonyl (C=O) groups is 3. The molecule has 2 aliphatic heterocycles. The summed E-state index contributed by atoms with van der Waals surface area (Å²) in [7, 11) is 1.64. The van der Waals surface area contributed by atoms with Crippen LogP contribution >= 0.6 is 0 Å². The molecule has 4 rings (SSSR count). The highest BCUT2D eigenvalue weighted by Crippen LogP contribution is 2.26. The van der Waals surface area contributed by atoms with Gasteiger partial charge in [0.05, 0.1) is 13.0 Å². The first-order chi connectivity index (χ1) is 15.9. The molecule has 0 bridgehead atoms. The maximum Gasteiger partial charge on any atom is 0.311 e. The van der Waals surface area contributed by atoms with Gasteiger partial charge in [-0.1, -0.05) is 17.7 Å². The van der Waals surface area contributed by atoms with Crippen molar-refractivity contribution < 1.29 is 23.9 Å². The number of benzene rings is 2. The topological polar surface area (TPSA) is 79.4 Å². The normalized spacial score (nSPS) is 18.4. The number of aryl methyl sites for hydroxylation is 1. The molecule has 0 aromatic heterocycles. The van der Waals surface area contributed by atoms with Crippen LogP contribution in [0.2, 0.25) is 0 Å². The quantitative estimate of drug-likeness (QED) is 0.627. The molecule has 2 saturated heterocycles. The van der Waals surface area contributed by atoms with Crippen LogP contribution in [0.25, 0.3) is 0 Å². The Morgan fingerprint density at radius 1 is 0.939 bits per heavy atom. The van der Waals surface area contributed by atoms with E-state index in [2.05, 4.69) is 4.90 Å². The monoisotopic (exact) mass is 451 g/mol. The van der Waals surface area contributed by atoms with E-state index in [0.29, 0.717) is 26.2 Å². The summed E-state index contributed by atoms with van der Waals surface area (Å²) >= 11 is 0. The van der Waals surface area contributed by atoms with E-state index in [-0.39, 0.29) is 31.4 Å². The van der Waals surface area contributed by atoms with Gasteiger partial charge in [0, 0.05) is 50.5 Å². The predicted molar refractivity (Wildman–Crippen MR) is 124 cm³/mol. The minimum atomic E-state index is -0.557. The third kappa shape index (κ3) is 5.27. The van der Waals surface area contributed by atoms with Gasteiger partial charge in [-0.3, -0.25) is 14.4 Å². The number of anilines is 2. The number of piperazine rings is 1. The van der Waals surface area contributed by atoms with Crippen molar-refractivity contribution in [1.82, 2.24) is 4.90 Å². The summed E-state index contributed by atoms with van der Waals surface area (Å²) in [5, 5.41) is 0. The Kier molecular flexibility index (Phi) is 6.82. The van der Waals surface area contributed by atoms with Crippen LogP contribution in [0, 0.1) is 12.8 Å². The molecule has 0 aliphatic carbocycles. The summed E-state index contributed by atoms with van der Waals surface area (Å²) in [5.41, 5.74) is 2.95. The first-order valence-electron chi connectivity index (χ1n) is 11.1. The number of amides is 2. The Hall–Kier alpha value is -3.55. The molecule has 0 saturated carbocycles. The second-order valence-electron chi connectivity index (χ2n) is 8.41. The van der Waals surface area contributed by atoms with E-state index in [9.17, 15) is 14.4 Å². The number of hydrogen-bond acceptors (Lipinski definition) is 6. The van der Waals surface area contributed by atoms with Gasteiger partial charge in [0.2, 0.25) is 5.91 Å². The van der Waals surface area contributed by atoms with E-state index in [1.807, 2.05) is 55.5 Å². The van der Waals surface area contributed by atoms with Gasteiger partial charge in [-0.15, -0.1) is 0 Å². The van der Waals surface area contributed by atoms with E-state index >= 15 is 0 Å². The molecule has 2 amide bonds. The molecule has 1 unspecified atom stereocenters. The lowest BCUT2D eigenvalue weighted by Gasteiger charge is -2.36. The van der Waals surface area contributed by atoms with E-state index in [0.717, 1.165) is 22.7 Å². The first-order valence-corrected chi connectivity index (χ1v) is 11.1. The highest BCUT2D eigenvalue weighted by molar-refractivity contribution is 5.99. The van der Waals surface area contributed by atoms with Crippen LogP contribution in [0.3, 0.4) is 0 Å². The molecule has 174 valence electrons. The van der Waals surface area contributed by atoms with Crippen LogP contribution < -0.4 is 14.5 Å². The summed E-state index contributed by atoms with van der Waals surface area (Å²) in [4.78, 5) is 43.0. The van der Waals surface area contributed by atoms with Crippen LogP contribution in [0.4, 0.5) is 11.4 Å². The summed E-state index contributed by atoms with van der Waals surface area (Å²) < 4.78 is 10.5. The fourth-order valence-corrected chi connectivity index (χ4v) is 4.19. The van der Waals surface area contributed by atoms with Crippen LogP contribution in [0.5, 0.6) is 5.75 Å². The third-order valence-electron chi connectivity index (χ3n) is 6.21. The van der Waals surface area contributed by atoms with Crippen molar-refractivity contribution in [2.45, 2.75) is 13.3 Å². The van der Waals surface area contributed by atoms with Gasteiger partial charge in [-0.25, -0.2) is 0 Å². The second-order valence-corrected chi connectivity index (χ2v) is 8.41. The van der Waals surface area contributed by atoms with Crippen molar-refractivity contribution in [3.63, 3.8) is 0 Å². The lowest BCUT2D eigenvalue weighted by molar-refractivity contribution is -0.155. The summed E-state index contributed by atoms with van der Waals surface area (Å²) in [6, 6.07) is 15.4. The number of ether oxygens (including phenoxy) is 2. The van der Waals surface area contributed by atoms with Crippen molar-refractivity contribution in [3.8, 4) is 5.75 Å². The zero-order valence-corrected chi connectivity index (χ0v) is 19.0. The van der Waals surface area contributed by atoms with E-state index in [4.69, 9.17) is 9.47 Å². The molecule has 0 N–H and O–H groups in total. The fraction of sp³-hybridized carbons (Fsp3) is 0.400. The number of methoxy groups -OCH3 is 1. The minimum absolute atomic E-state index is 0.0986. The number of esters is 1. The van der Waals surface area contributed by atoms with E-state index in [1.54, 1.807) is 16.9 Å². The van der Waals surface area contributed by atoms with Gasteiger partial charge in [0.15, 0.2) is 6.61 Å². The Morgan fingerprint density at radius 3 is 2.21 bits per heavy atom. The maximum absolute atomic E-state index is 12.6. The molecule has 33 heavy (non-hydrogen) atoms. The average Bonchev–Trinajstić information content (AvgIpc) is 3.24. The lowest BCUT2D eigenvalue weighted by Crippen LogP contribution is -2.50. The SMILES string of the molecule is COc1ccc(N2CCN(C(=O)COC(=O)C3CC(=O)N(c4ccc(C)cc4)C3)CC2)cc1. The number of carbonyl (C=O) groups excluding carboxylic acids is 3. The number of hydrogen-bond donors (Lipinski definition) is 0. The van der Waals surface area contributed by atoms with Crippen LogP contribution in [-0.4, -0.2) is 69.1 Å². The molecule has 2 heterocycles. The molecular weight excluding hydrogens is 422 g/mol. The maximum atomic E-state index is 12.6. The Balaban J connectivity index is 1.23. The van der Waals surface area contributed by atoms with Gasteiger partial charge >= 0.3 is 5.97 Å². The minimum Gasteiger partial charge on any atom is -0.497 e. The van der Waals surface area contributed by atoms with Crippen LogP contribution in [0.15, 0.2) is 48.5 Å². The van der Waals surface area contributed by atoms with Gasteiger partial charge in [0.25, 0.3) is 5.91 Å². The molecule has 2 aromatic rings. The third-order valence-corrected chi connectivity index (χ3v) is 6.21. The van der Waals surface area contributed by atoms with Crippen molar-refractivity contribution in [2.24, 2.45) is 5.92 Å². The lowest BCUT2D eigenvalue weighted by atomic mass is 10.1. The zero-order chi connectivity index (χ0) is 23.4. The first kappa shape index (κ1) is 22.6. The molecule has 1 atom stereocenters. The van der Waals surface area contributed by atoms with Gasteiger partial charge < -0.3 is 24.2 Å². The Bertz CT molecular complexity index is 998. The molecule has 2 aromatic carbocycles. The van der Waals surface area contributed by atoms with Gasteiger partial charge in [0.1, 0.15) is 5.75 Å². The standard InChI is InChI=1S/C25H29N3O5/c1-18-3-5-21(6-4-18)28-16-19(15-23(28)29)25(31)33-17-24(30)27-13-11-26(12-14-27)20-7-9-22(32-2)10-8-20/h3-10,19H,11-17H2,1-2H3. The van der Waals surface area contributed by atoms with Crippen LogP contribution in [-0.2, 0) is 19.1 Å². The highest BCUT2D eigenvalue weighted by atomic mass is 16.5. The van der Waals surface area contributed by atoms with Gasteiger partial charge in [-0.2, -0.15) is 0 Å². The van der Waals surface area contributed by atoms with Crippen LogP contribution in [0.1, 0.15) is 12.0 Å². The fourth-order valence-electron chi connectivity index (χ4n) is 4.19. The molecule has 0 radical (unpaired) electrons. The smallest absolute Gasteiger partial charge is 0.311 e. The summed E-state index contributed by atoms with van der Waals surface area (Å²) in [6.45, 7) is 4.48. The largest absolute Gasteiger partial charge is 0.497 e.